The minimum Gasteiger partial charge on any atom is -0.208 e. The van der Waals surface area contributed by atoms with Crippen LogP contribution in [-0.4, -0.2) is 15.0 Å². The lowest BCUT2D eigenvalue weighted by Gasteiger charge is -2.40. The van der Waals surface area contributed by atoms with Gasteiger partial charge in [0.25, 0.3) is 0 Å². The zero-order valence-electron chi connectivity index (χ0n) is 31.0. The second kappa shape index (κ2) is 13.6. The van der Waals surface area contributed by atoms with Crippen molar-refractivity contribution in [2.24, 2.45) is 0 Å². The zero-order valence-corrected chi connectivity index (χ0v) is 31.8. The fraction of sp³-hybridized carbons (Fsp3) is 0. The van der Waals surface area contributed by atoms with Crippen molar-refractivity contribution >= 4 is 31.6 Å². The number of aromatic nitrogens is 3. The second-order valence-electron chi connectivity index (χ2n) is 14.4. The maximum Gasteiger partial charge on any atom is 0.164 e. The molecule has 1 aliphatic heterocycles. The summed E-state index contributed by atoms with van der Waals surface area (Å²) < 4.78 is 0. The lowest BCUT2D eigenvalue weighted by atomic mass is 9.93. The maximum atomic E-state index is 5.26. The summed E-state index contributed by atoms with van der Waals surface area (Å²) in [6.45, 7) is 0. The molecule has 1 aromatic heterocycles. The Bertz CT molecular complexity index is 3050. The summed E-state index contributed by atoms with van der Waals surface area (Å²) in [5.74, 6) is 1.94. The quantitative estimate of drug-likeness (QED) is 0.159. The van der Waals surface area contributed by atoms with Crippen LogP contribution in [0.3, 0.4) is 0 Å². The van der Waals surface area contributed by atoms with Crippen LogP contribution in [0.5, 0.6) is 0 Å². The molecule has 0 spiro atoms. The maximum absolute atomic E-state index is 5.26. The van der Waals surface area contributed by atoms with Gasteiger partial charge >= 0.3 is 0 Å². The molecule has 57 heavy (non-hydrogen) atoms. The minimum absolute atomic E-state index is 0.643. The van der Waals surface area contributed by atoms with E-state index in [4.69, 9.17) is 15.0 Å². The van der Waals surface area contributed by atoms with Crippen molar-refractivity contribution in [3.05, 3.63) is 212 Å². The van der Waals surface area contributed by atoms with Crippen LogP contribution in [-0.2, 0) is 0 Å². The minimum atomic E-state index is -2.01. The molecule has 0 saturated carbocycles. The third-order valence-electron chi connectivity index (χ3n) is 11.1. The first kappa shape index (κ1) is 33.2. The van der Waals surface area contributed by atoms with Crippen LogP contribution in [0.4, 0.5) is 0 Å². The molecule has 9 aromatic carbocycles. The zero-order chi connectivity index (χ0) is 37.8. The topological polar surface area (TPSA) is 38.7 Å². The highest BCUT2D eigenvalue weighted by atomic mass is 32.3. The predicted octanol–water partition coefficient (Wildman–Crippen LogP) is 14.2. The summed E-state index contributed by atoms with van der Waals surface area (Å²) in [4.78, 5) is 20.8. The number of rotatable bonds is 6. The lowest BCUT2D eigenvalue weighted by molar-refractivity contribution is 1.07. The van der Waals surface area contributed by atoms with Crippen molar-refractivity contribution < 1.29 is 0 Å². The first-order valence-corrected chi connectivity index (χ1v) is 20.9. The molecule has 1 aliphatic rings. The van der Waals surface area contributed by atoms with Crippen LogP contribution in [0, 0.1) is 0 Å². The van der Waals surface area contributed by atoms with Gasteiger partial charge in [-0.25, -0.2) is 15.0 Å². The van der Waals surface area contributed by atoms with Gasteiger partial charge in [-0.1, -0.05) is 182 Å². The van der Waals surface area contributed by atoms with E-state index in [1.165, 1.54) is 57.8 Å². The van der Waals surface area contributed by atoms with Crippen LogP contribution in [0.15, 0.2) is 232 Å². The summed E-state index contributed by atoms with van der Waals surface area (Å²) in [7, 11) is -2.01. The van der Waals surface area contributed by atoms with Gasteiger partial charge in [-0.05, 0) is 68.6 Å². The van der Waals surface area contributed by atoms with Crippen molar-refractivity contribution in [1.29, 1.82) is 0 Å². The van der Waals surface area contributed by atoms with Gasteiger partial charge in [0.05, 0.1) is 0 Å². The third-order valence-corrected chi connectivity index (χ3v) is 15.1. The monoisotopic (exact) mass is 745 g/mol. The first-order chi connectivity index (χ1) is 28.3. The Kier molecular flexibility index (Phi) is 7.90. The van der Waals surface area contributed by atoms with Gasteiger partial charge in [-0.3, -0.25) is 0 Å². The number of hydrogen-bond acceptors (Lipinski definition) is 3. The van der Waals surface area contributed by atoms with Gasteiger partial charge in [0, 0.05) is 41.8 Å². The van der Waals surface area contributed by atoms with E-state index < -0.39 is 10.0 Å². The van der Waals surface area contributed by atoms with E-state index in [-0.39, 0.29) is 0 Å². The van der Waals surface area contributed by atoms with E-state index in [2.05, 4.69) is 188 Å². The predicted molar refractivity (Wildman–Crippen MR) is 236 cm³/mol. The van der Waals surface area contributed by atoms with Crippen molar-refractivity contribution in [2.45, 2.75) is 19.6 Å². The van der Waals surface area contributed by atoms with E-state index in [0.717, 1.165) is 22.3 Å². The summed E-state index contributed by atoms with van der Waals surface area (Å²) in [6.07, 6.45) is 0. The SMILES string of the molecule is c1ccc(-c2ccc(-c3nc(-c4ccccc4)nc(-c4ccc5c(c4)S(c4ccccc4)(c4ccccc4)c4c-5c5ccccc5c5ccccc45)n3)cc2)cc1. The largest absolute Gasteiger partial charge is 0.208 e. The van der Waals surface area contributed by atoms with E-state index in [9.17, 15) is 0 Å². The summed E-state index contributed by atoms with van der Waals surface area (Å²) in [6, 6.07) is 76.3. The molecule has 4 heteroatoms. The van der Waals surface area contributed by atoms with Gasteiger partial charge in [-0.2, -0.15) is 0 Å². The van der Waals surface area contributed by atoms with Crippen LogP contribution in [0.1, 0.15) is 0 Å². The molecule has 0 bridgehead atoms. The summed E-state index contributed by atoms with van der Waals surface area (Å²) >= 11 is 0. The van der Waals surface area contributed by atoms with Crippen molar-refractivity contribution in [3.8, 4) is 56.4 Å². The van der Waals surface area contributed by atoms with Crippen molar-refractivity contribution in [2.75, 3.05) is 0 Å². The van der Waals surface area contributed by atoms with Gasteiger partial charge in [0.15, 0.2) is 17.5 Å². The standard InChI is InChI=1S/C53H35N3S/c1-5-17-36(18-6-1)37-29-31-39(32-30-37)52-54-51(38-19-7-2-8-20-38)55-53(56-52)40-33-34-47-48(35-40)57(41-21-9-3-10-22-41,42-23-11-4-12-24-42)50-46-28-16-14-26-44(46)43-25-13-15-27-45(43)49(47)50/h1-35H. The van der Waals surface area contributed by atoms with Gasteiger partial charge in [0.1, 0.15) is 0 Å². The van der Waals surface area contributed by atoms with E-state index in [0.29, 0.717) is 17.5 Å². The van der Waals surface area contributed by atoms with Crippen molar-refractivity contribution in [1.82, 2.24) is 15.0 Å². The molecule has 0 saturated heterocycles. The van der Waals surface area contributed by atoms with E-state index >= 15 is 0 Å². The van der Waals surface area contributed by atoms with Crippen LogP contribution < -0.4 is 0 Å². The molecule has 11 rings (SSSR count). The fourth-order valence-corrected chi connectivity index (χ4v) is 13.0. The summed E-state index contributed by atoms with van der Waals surface area (Å²) in [5, 5.41) is 5.11. The molecule has 0 atom stereocenters. The molecule has 0 radical (unpaired) electrons. The smallest absolute Gasteiger partial charge is 0.164 e. The highest BCUT2D eigenvalue weighted by Crippen LogP contribution is 2.81. The molecule has 0 aliphatic carbocycles. The Morgan fingerprint density at radius 3 is 1.26 bits per heavy atom. The van der Waals surface area contributed by atoms with Gasteiger partial charge < -0.3 is 0 Å². The number of nitrogens with zero attached hydrogens (tertiary/aromatic N) is 3. The number of hydrogen-bond donors (Lipinski definition) is 0. The Hall–Kier alpha value is -7.14. The molecule has 268 valence electrons. The highest BCUT2D eigenvalue weighted by Gasteiger charge is 2.44. The van der Waals surface area contributed by atoms with E-state index in [1.807, 2.05) is 24.3 Å². The Labute approximate surface area is 333 Å². The normalized spacial score (nSPS) is 13.3. The number of benzene rings is 9. The van der Waals surface area contributed by atoms with Crippen molar-refractivity contribution in [3.63, 3.8) is 0 Å². The number of fused-ring (bicyclic) bond motifs is 8. The van der Waals surface area contributed by atoms with E-state index in [1.54, 1.807) is 0 Å². The molecular formula is C53H35N3S. The molecule has 10 aromatic rings. The van der Waals surface area contributed by atoms with Crippen LogP contribution in [0.25, 0.3) is 78.0 Å². The average Bonchev–Trinajstić information content (AvgIpc) is 3.62. The Morgan fingerprint density at radius 1 is 0.298 bits per heavy atom. The van der Waals surface area contributed by atoms with Gasteiger partial charge in [0.2, 0.25) is 0 Å². The average molecular weight is 746 g/mol. The van der Waals surface area contributed by atoms with Crippen LogP contribution >= 0.6 is 10.0 Å². The second-order valence-corrected chi connectivity index (χ2v) is 17.4. The summed E-state index contributed by atoms with van der Waals surface area (Å²) in [5.41, 5.74) is 7.74. The molecule has 0 fully saturated rings. The fourth-order valence-electron chi connectivity index (χ4n) is 8.59. The lowest BCUT2D eigenvalue weighted by Crippen LogP contribution is -2.04. The first-order valence-electron chi connectivity index (χ1n) is 19.3. The van der Waals surface area contributed by atoms with Gasteiger partial charge in [-0.15, -0.1) is 10.0 Å². The Balaban J connectivity index is 1.19. The highest BCUT2D eigenvalue weighted by molar-refractivity contribution is 8.34. The molecule has 0 N–H and O–H groups in total. The molecular weight excluding hydrogens is 711 g/mol. The molecule has 0 amide bonds. The molecule has 0 unspecified atom stereocenters. The molecule has 3 nitrogen and oxygen atoms in total. The third kappa shape index (κ3) is 5.33. The Morgan fingerprint density at radius 2 is 0.684 bits per heavy atom. The molecule has 2 heterocycles. The van der Waals surface area contributed by atoms with Crippen LogP contribution in [0.2, 0.25) is 0 Å².